The SMILES string of the molecule is COC(=O)COc1cc(-n2c(=O)cc(C(F)(F)F)n(C)c2=O)c(F)cc1C#C[Si](C)(C)C. The van der Waals surface area contributed by atoms with Crippen molar-refractivity contribution in [1.82, 2.24) is 9.13 Å². The van der Waals surface area contributed by atoms with E-state index in [1.807, 2.05) is 19.6 Å². The molecule has 0 fully saturated rings. The molecule has 0 N–H and O–H groups in total. The summed E-state index contributed by atoms with van der Waals surface area (Å²) in [5, 5.41) is 0. The summed E-state index contributed by atoms with van der Waals surface area (Å²) < 4.78 is 64.3. The average Bonchev–Trinajstić information content (AvgIpc) is 2.67. The lowest BCUT2D eigenvalue weighted by Gasteiger charge is -2.16. The lowest BCUT2D eigenvalue weighted by Crippen LogP contribution is -2.41. The minimum Gasteiger partial charge on any atom is -0.481 e. The number of methoxy groups -OCH3 is 1. The molecular weight excluding hydrogens is 452 g/mol. The largest absolute Gasteiger partial charge is 0.481 e. The van der Waals surface area contributed by atoms with E-state index in [1.54, 1.807) is 0 Å². The van der Waals surface area contributed by atoms with Crippen LogP contribution < -0.4 is 16.0 Å². The molecule has 1 heterocycles. The molecule has 0 spiro atoms. The lowest BCUT2D eigenvalue weighted by molar-refractivity contribution is -0.144. The Kier molecular flexibility index (Phi) is 7.04. The van der Waals surface area contributed by atoms with E-state index in [1.165, 1.54) is 0 Å². The van der Waals surface area contributed by atoms with Gasteiger partial charge in [-0.1, -0.05) is 25.6 Å². The molecule has 0 saturated heterocycles. The number of rotatable bonds is 4. The van der Waals surface area contributed by atoms with Crippen LogP contribution >= 0.6 is 0 Å². The van der Waals surface area contributed by atoms with Gasteiger partial charge in [0, 0.05) is 19.2 Å². The van der Waals surface area contributed by atoms with Crippen LogP contribution in [0.25, 0.3) is 5.69 Å². The number of carbonyl (C=O) groups excluding carboxylic acids is 1. The molecular formula is C20H20F4N2O5Si. The fourth-order valence-corrected chi connectivity index (χ4v) is 3.01. The molecule has 0 aliphatic carbocycles. The van der Waals surface area contributed by atoms with E-state index < -0.39 is 55.3 Å². The highest BCUT2D eigenvalue weighted by Gasteiger charge is 2.35. The minimum absolute atomic E-state index is 0.0364. The second-order valence-electron chi connectivity index (χ2n) is 7.71. The van der Waals surface area contributed by atoms with E-state index in [9.17, 15) is 31.9 Å². The summed E-state index contributed by atoms with van der Waals surface area (Å²) in [6, 6.07) is 2.01. The first-order valence-electron chi connectivity index (χ1n) is 9.12. The standard InChI is InChI=1S/C20H20F4N2O5Si/c1-25-16(20(22,23)24)10-17(27)26(19(25)29)14-9-15(31-11-18(28)30-2)12(8-13(14)21)6-7-32(3,4)5/h8-10H,11H2,1-5H3. The van der Waals surface area contributed by atoms with E-state index in [4.69, 9.17) is 4.74 Å². The van der Waals surface area contributed by atoms with E-state index in [2.05, 4.69) is 16.2 Å². The van der Waals surface area contributed by atoms with Crippen molar-refractivity contribution in [3.8, 4) is 22.9 Å². The molecule has 12 heteroatoms. The quantitative estimate of drug-likeness (QED) is 0.296. The molecule has 0 saturated carbocycles. The zero-order valence-corrected chi connectivity index (χ0v) is 18.9. The Hall–Kier alpha value is -3.33. The predicted molar refractivity (Wildman–Crippen MR) is 110 cm³/mol. The van der Waals surface area contributed by atoms with Crippen molar-refractivity contribution in [2.45, 2.75) is 25.8 Å². The van der Waals surface area contributed by atoms with Crippen LogP contribution in [0.4, 0.5) is 17.6 Å². The lowest BCUT2D eigenvalue weighted by atomic mass is 10.1. The van der Waals surface area contributed by atoms with Crippen molar-refractivity contribution in [1.29, 1.82) is 0 Å². The molecule has 0 aliphatic heterocycles. The maximum absolute atomic E-state index is 14.9. The smallest absolute Gasteiger partial charge is 0.431 e. The number of halogens is 4. The summed E-state index contributed by atoms with van der Waals surface area (Å²) in [6.45, 7) is 5.23. The molecule has 0 bridgehead atoms. The molecule has 1 aromatic heterocycles. The van der Waals surface area contributed by atoms with Gasteiger partial charge in [-0.05, 0) is 6.07 Å². The van der Waals surface area contributed by atoms with E-state index in [0.717, 1.165) is 26.3 Å². The van der Waals surface area contributed by atoms with Gasteiger partial charge in [0.05, 0.1) is 18.4 Å². The molecule has 0 aliphatic rings. The van der Waals surface area contributed by atoms with Gasteiger partial charge in [0.25, 0.3) is 5.56 Å². The zero-order valence-electron chi connectivity index (χ0n) is 17.9. The number of esters is 1. The van der Waals surface area contributed by atoms with Gasteiger partial charge in [-0.2, -0.15) is 13.2 Å². The Morgan fingerprint density at radius 2 is 1.78 bits per heavy atom. The molecule has 7 nitrogen and oxygen atoms in total. The summed E-state index contributed by atoms with van der Waals surface area (Å²) in [5.74, 6) is 0.762. The van der Waals surface area contributed by atoms with Crippen molar-refractivity contribution < 1.29 is 31.8 Å². The normalized spacial score (nSPS) is 11.5. The van der Waals surface area contributed by atoms with Gasteiger partial charge < -0.3 is 9.47 Å². The Labute approximate surface area is 181 Å². The molecule has 1 aromatic carbocycles. The molecule has 0 radical (unpaired) electrons. The number of benzene rings is 1. The number of hydrogen-bond donors (Lipinski definition) is 0. The molecule has 32 heavy (non-hydrogen) atoms. The summed E-state index contributed by atoms with van der Waals surface area (Å²) in [5.41, 5.74) is -1.91. The van der Waals surface area contributed by atoms with Crippen molar-refractivity contribution in [2.24, 2.45) is 7.05 Å². The molecule has 172 valence electrons. The molecule has 0 amide bonds. The maximum atomic E-state index is 14.9. The summed E-state index contributed by atoms with van der Waals surface area (Å²) in [6.07, 6.45) is -4.96. The van der Waals surface area contributed by atoms with Gasteiger partial charge in [-0.15, -0.1) is 5.54 Å². The van der Waals surface area contributed by atoms with Gasteiger partial charge in [0.15, 0.2) is 6.61 Å². The fourth-order valence-electron chi connectivity index (χ4n) is 2.50. The number of nitrogens with zero attached hydrogens (tertiary/aromatic N) is 2. The Morgan fingerprint density at radius 3 is 2.31 bits per heavy atom. The second-order valence-corrected chi connectivity index (χ2v) is 12.5. The van der Waals surface area contributed by atoms with Gasteiger partial charge in [-0.3, -0.25) is 9.36 Å². The number of ether oxygens (including phenoxy) is 2. The van der Waals surface area contributed by atoms with Crippen LogP contribution in [0.2, 0.25) is 19.6 Å². The third kappa shape index (κ3) is 5.67. The third-order valence-electron chi connectivity index (χ3n) is 4.05. The second kappa shape index (κ2) is 9.03. The topological polar surface area (TPSA) is 79.5 Å². The Morgan fingerprint density at radius 1 is 1.16 bits per heavy atom. The third-order valence-corrected chi connectivity index (χ3v) is 4.92. The van der Waals surface area contributed by atoms with E-state index >= 15 is 0 Å². The Bertz CT molecular complexity index is 1230. The van der Waals surface area contributed by atoms with Crippen molar-refractivity contribution in [2.75, 3.05) is 13.7 Å². The Balaban J connectivity index is 2.76. The molecule has 2 rings (SSSR count). The van der Waals surface area contributed by atoms with Gasteiger partial charge in [0.1, 0.15) is 25.3 Å². The van der Waals surface area contributed by atoms with Crippen LogP contribution in [0.15, 0.2) is 27.8 Å². The van der Waals surface area contributed by atoms with Gasteiger partial charge in [0.2, 0.25) is 0 Å². The number of aromatic nitrogens is 2. The van der Waals surface area contributed by atoms with Crippen LogP contribution in [-0.2, 0) is 22.8 Å². The molecule has 0 atom stereocenters. The number of alkyl halides is 3. The average molecular weight is 472 g/mol. The molecule has 2 aromatic rings. The fraction of sp³-hybridized carbons (Fsp3) is 0.350. The zero-order chi connectivity index (χ0) is 24.4. The predicted octanol–water partition coefficient (Wildman–Crippen LogP) is 2.47. The van der Waals surface area contributed by atoms with Gasteiger partial charge in [-0.25, -0.2) is 18.5 Å². The van der Waals surface area contributed by atoms with Crippen LogP contribution in [0.3, 0.4) is 0 Å². The van der Waals surface area contributed by atoms with Crippen molar-refractivity contribution in [3.63, 3.8) is 0 Å². The van der Waals surface area contributed by atoms with Crippen LogP contribution in [0.5, 0.6) is 5.75 Å². The summed E-state index contributed by atoms with van der Waals surface area (Å²) in [7, 11) is 0.0263. The summed E-state index contributed by atoms with van der Waals surface area (Å²) >= 11 is 0. The van der Waals surface area contributed by atoms with Crippen LogP contribution in [0.1, 0.15) is 11.3 Å². The summed E-state index contributed by atoms with van der Waals surface area (Å²) in [4.78, 5) is 36.3. The monoisotopic (exact) mass is 472 g/mol. The number of hydrogen-bond acceptors (Lipinski definition) is 5. The van der Waals surface area contributed by atoms with Crippen LogP contribution in [-0.4, -0.2) is 36.9 Å². The minimum atomic E-state index is -4.96. The van der Waals surface area contributed by atoms with E-state index in [0.29, 0.717) is 0 Å². The van der Waals surface area contributed by atoms with E-state index in [-0.39, 0.29) is 26.5 Å². The number of carbonyl (C=O) groups is 1. The highest BCUT2D eigenvalue weighted by atomic mass is 28.3. The first-order valence-corrected chi connectivity index (χ1v) is 12.6. The highest BCUT2D eigenvalue weighted by molar-refractivity contribution is 6.83. The van der Waals surface area contributed by atoms with Crippen molar-refractivity contribution >= 4 is 14.0 Å². The maximum Gasteiger partial charge on any atom is 0.431 e. The highest BCUT2D eigenvalue weighted by Crippen LogP contribution is 2.28. The first-order chi connectivity index (χ1) is 14.7. The van der Waals surface area contributed by atoms with Crippen LogP contribution in [0, 0.1) is 17.3 Å². The van der Waals surface area contributed by atoms with Gasteiger partial charge >= 0.3 is 17.8 Å². The first kappa shape index (κ1) is 24.9. The molecule has 0 unspecified atom stereocenters. The van der Waals surface area contributed by atoms with Crippen molar-refractivity contribution in [3.05, 3.63) is 56.1 Å².